The van der Waals surface area contributed by atoms with Gasteiger partial charge in [-0.3, -0.25) is 9.36 Å². The number of hydrogen-bond acceptors (Lipinski definition) is 4. The smallest absolute Gasteiger partial charge is 0.234 e. The van der Waals surface area contributed by atoms with E-state index in [9.17, 15) is 4.79 Å². The molecule has 0 saturated heterocycles. The lowest BCUT2D eigenvalue weighted by Crippen LogP contribution is -2.14. The monoisotopic (exact) mass is 484 g/mol. The summed E-state index contributed by atoms with van der Waals surface area (Å²) in [7, 11) is 0. The lowest BCUT2D eigenvalue weighted by atomic mass is 10.2. The summed E-state index contributed by atoms with van der Waals surface area (Å²) in [4.78, 5) is 12.1. The molecule has 25 heavy (non-hydrogen) atoms. The topological polar surface area (TPSA) is 59.8 Å². The van der Waals surface area contributed by atoms with Crippen molar-refractivity contribution >= 4 is 57.5 Å². The van der Waals surface area contributed by atoms with Crippen LogP contribution in [-0.2, 0) is 4.79 Å². The predicted molar refractivity (Wildman–Crippen MR) is 110 cm³/mol. The summed E-state index contributed by atoms with van der Waals surface area (Å²) in [5.41, 5.74) is 2.64. The van der Waals surface area contributed by atoms with Gasteiger partial charge in [-0.2, -0.15) is 0 Å². The number of anilines is 1. The molecule has 3 rings (SSSR count). The maximum atomic E-state index is 12.1. The summed E-state index contributed by atoms with van der Waals surface area (Å²) in [6.45, 7) is 1.95. The van der Waals surface area contributed by atoms with Crippen molar-refractivity contribution in [2.75, 3.05) is 11.1 Å². The molecular formula is C17H14ClIN4OS. The van der Waals surface area contributed by atoms with E-state index in [1.807, 2.05) is 54.0 Å². The highest BCUT2D eigenvalue weighted by Gasteiger charge is 2.11. The number of thioether (sulfide) groups is 1. The van der Waals surface area contributed by atoms with Crippen molar-refractivity contribution in [3.8, 4) is 5.69 Å². The van der Waals surface area contributed by atoms with Gasteiger partial charge >= 0.3 is 0 Å². The number of rotatable bonds is 5. The van der Waals surface area contributed by atoms with Crippen LogP contribution in [-0.4, -0.2) is 26.4 Å². The van der Waals surface area contributed by atoms with Crippen LogP contribution >= 0.6 is 46.0 Å². The zero-order chi connectivity index (χ0) is 17.8. The summed E-state index contributed by atoms with van der Waals surface area (Å²) < 4.78 is 2.93. The Morgan fingerprint density at radius 2 is 2.04 bits per heavy atom. The lowest BCUT2D eigenvalue weighted by Gasteiger charge is -2.08. The normalized spacial score (nSPS) is 10.7. The molecule has 0 atom stereocenters. The Kier molecular flexibility index (Phi) is 5.98. The quantitative estimate of drug-likeness (QED) is 0.426. The van der Waals surface area contributed by atoms with Crippen LogP contribution in [0.5, 0.6) is 0 Å². The van der Waals surface area contributed by atoms with E-state index < -0.39 is 0 Å². The van der Waals surface area contributed by atoms with E-state index in [4.69, 9.17) is 11.6 Å². The number of aromatic nitrogens is 3. The third-order valence-electron chi connectivity index (χ3n) is 3.41. The van der Waals surface area contributed by atoms with Gasteiger partial charge in [-0.05, 0) is 71.5 Å². The molecule has 1 amide bonds. The molecule has 0 aliphatic heterocycles. The Balaban J connectivity index is 1.66. The molecule has 0 fully saturated rings. The average molecular weight is 485 g/mol. The number of carbonyl (C=O) groups is 1. The van der Waals surface area contributed by atoms with Crippen LogP contribution in [0, 0.1) is 10.5 Å². The Bertz CT molecular complexity index is 898. The molecule has 2 aromatic carbocycles. The van der Waals surface area contributed by atoms with E-state index in [0.29, 0.717) is 10.2 Å². The second-order valence-corrected chi connectivity index (χ2v) is 7.86. The van der Waals surface area contributed by atoms with Gasteiger partial charge < -0.3 is 5.32 Å². The molecule has 0 aliphatic carbocycles. The van der Waals surface area contributed by atoms with Crippen molar-refractivity contribution in [3.63, 3.8) is 0 Å². The summed E-state index contributed by atoms with van der Waals surface area (Å²) in [6, 6.07) is 13.4. The largest absolute Gasteiger partial charge is 0.325 e. The molecule has 5 nitrogen and oxygen atoms in total. The Morgan fingerprint density at radius 1 is 1.28 bits per heavy atom. The number of carbonyl (C=O) groups excluding carboxylic acids is 1. The van der Waals surface area contributed by atoms with Gasteiger partial charge in [0.25, 0.3) is 0 Å². The molecule has 8 heteroatoms. The van der Waals surface area contributed by atoms with E-state index >= 15 is 0 Å². The van der Waals surface area contributed by atoms with Gasteiger partial charge in [0.2, 0.25) is 5.91 Å². The van der Waals surface area contributed by atoms with Crippen LogP contribution in [0.1, 0.15) is 5.56 Å². The summed E-state index contributed by atoms with van der Waals surface area (Å²) >= 11 is 9.73. The molecule has 0 unspecified atom stereocenters. The molecule has 0 aliphatic rings. The first-order valence-corrected chi connectivity index (χ1v) is 9.82. The van der Waals surface area contributed by atoms with E-state index in [0.717, 1.165) is 20.5 Å². The third-order valence-corrected chi connectivity index (χ3v) is 5.48. The number of nitrogens with zero attached hydrogens (tertiary/aromatic N) is 3. The highest BCUT2D eigenvalue weighted by Crippen LogP contribution is 2.24. The maximum Gasteiger partial charge on any atom is 0.234 e. The van der Waals surface area contributed by atoms with Crippen LogP contribution in [0.15, 0.2) is 53.9 Å². The van der Waals surface area contributed by atoms with Crippen LogP contribution in [0.4, 0.5) is 5.69 Å². The SMILES string of the molecule is Cc1ccc(-n2cnnc2SCC(=O)Nc2ccc(I)cc2)cc1Cl. The minimum absolute atomic E-state index is 0.0947. The van der Waals surface area contributed by atoms with Gasteiger partial charge in [0, 0.05) is 14.3 Å². The molecule has 0 bridgehead atoms. The molecule has 128 valence electrons. The minimum atomic E-state index is -0.0947. The van der Waals surface area contributed by atoms with Crippen molar-refractivity contribution in [3.05, 3.63) is 62.9 Å². The molecule has 0 saturated carbocycles. The van der Waals surface area contributed by atoms with Crippen LogP contribution in [0.25, 0.3) is 5.69 Å². The van der Waals surface area contributed by atoms with Crippen molar-refractivity contribution in [2.45, 2.75) is 12.1 Å². The fourth-order valence-electron chi connectivity index (χ4n) is 2.09. The molecule has 3 aromatic rings. The van der Waals surface area contributed by atoms with Gasteiger partial charge in [-0.1, -0.05) is 29.4 Å². The second kappa shape index (κ2) is 8.20. The molecule has 0 radical (unpaired) electrons. The van der Waals surface area contributed by atoms with Crippen molar-refractivity contribution in [1.29, 1.82) is 0 Å². The fraction of sp³-hybridized carbons (Fsp3) is 0.118. The number of hydrogen-bond donors (Lipinski definition) is 1. The Hall–Kier alpha value is -1.58. The summed E-state index contributed by atoms with van der Waals surface area (Å²) in [6.07, 6.45) is 1.61. The van der Waals surface area contributed by atoms with Crippen LogP contribution < -0.4 is 5.32 Å². The first-order chi connectivity index (χ1) is 12.0. The predicted octanol–water partition coefficient (Wildman–Crippen LogP) is 4.56. The standard InChI is InChI=1S/C17H14ClIN4OS/c1-11-2-7-14(8-15(11)18)23-10-20-22-17(23)25-9-16(24)21-13-5-3-12(19)4-6-13/h2-8,10H,9H2,1H3,(H,21,24). The minimum Gasteiger partial charge on any atom is -0.325 e. The van der Waals surface area contributed by atoms with Gasteiger partial charge in [0.15, 0.2) is 5.16 Å². The number of amides is 1. The van der Waals surface area contributed by atoms with Crippen molar-refractivity contribution in [1.82, 2.24) is 14.8 Å². The second-order valence-electron chi connectivity index (χ2n) is 5.26. The Morgan fingerprint density at radius 3 is 2.76 bits per heavy atom. The van der Waals surface area contributed by atoms with Crippen molar-refractivity contribution in [2.24, 2.45) is 0 Å². The van der Waals surface area contributed by atoms with Crippen molar-refractivity contribution < 1.29 is 4.79 Å². The zero-order valence-electron chi connectivity index (χ0n) is 13.2. The lowest BCUT2D eigenvalue weighted by molar-refractivity contribution is -0.113. The van der Waals surface area contributed by atoms with Gasteiger partial charge in [-0.15, -0.1) is 10.2 Å². The van der Waals surface area contributed by atoms with E-state index in [1.165, 1.54) is 11.8 Å². The highest BCUT2D eigenvalue weighted by atomic mass is 127. The molecule has 1 heterocycles. The first kappa shape index (κ1) is 18.2. The van der Waals surface area contributed by atoms with Gasteiger partial charge in [0.1, 0.15) is 6.33 Å². The summed E-state index contributed by atoms with van der Waals surface area (Å²) in [5, 5.41) is 12.2. The van der Waals surface area contributed by atoms with E-state index in [1.54, 1.807) is 6.33 Å². The summed E-state index contributed by atoms with van der Waals surface area (Å²) in [5.74, 6) is 0.146. The highest BCUT2D eigenvalue weighted by molar-refractivity contribution is 14.1. The fourth-order valence-corrected chi connectivity index (χ4v) is 3.36. The number of halogens is 2. The third kappa shape index (κ3) is 4.74. The van der Waals surface area contributed by atoms with E-state index in [-0.39, 0.29) is 11.7 Å². The number of benzene rings is 2. The number of nitrogens with one attached hydrogen (secondary N) is 1. The maximum absolute atomic E-state index is 12.1. The first-order valence-electron chi connectivity index (χ1n) is 7.38. The Labute approximate surface area is 168 Å². The molecule has 0 spiro atoms. The molecular weight excluding hydrogens is 471 g/mol. The van der Waals surface area contributed by atoms with Gasteiger partial charge in [0.05, 0.1) is 11.4 Å². The van der Waals surface area contributed by atoms with E-state index in [2.05, 4.69) is 38.1 Å². The van der Waals surface area contributed by atoms with Crippen LogP contribution in [0.3, 0.4) is 0 Å². The zero-order valence-corrected chi connectivity index (χ0v) is 17.0. The number of aryl methyl sites for hydroxylation is 1. The average Bonchev–Trinajstić information content (AvgIpc) is 3.06. The molecule has 1 N–H and O–H groups in total. The van der Waals surface area contributed by atoms with Gasteiger partial charge in [-0.25, -0.2) is 0 Å². The molecule has 1 aromatic heterocycles. The van der Waals surface area contributed by atoms with Crippen LogP contribution in [0.2, 0.25) is 5.02 Å².